The second-order valence-corrected chi connectivity index (χ2v) is 4.97. The first-order valence-corrected chi connectivity index (χ1v) is 6.54. The van der Waals surface area contributed by atoms with E-state index in [4.69, 9.17) is 5.73 Å². The van der Waals surface area contributed by atoms with Crippen molar-refractivity contribution in [1.82, 2.24) is 0 Å². The molecular weight excluding hydrogens is 238 g/mol. The minimum absolute atomic E-state index is 0.138. The average molecular weight is 261 g/mol. The molecule has 1 atom stereocenters. The maximum atomic E-state index is 11.8. The lowest BCUT2D eigenvalue weighted by Crippen LogP contribution is -2.36. The Kier molecular flexibility index (Phi) is 6.09. The minimum atomic E-state index is -0.460. The predicted octanol–water partition coefficient (Wildman–Crippen LogP) is 2.60. The summed E-state index contributed by atoms with van der Waals surface area (Å²) in [4.78, 5) is 11.8. The molecular formula is C15H23N3O. The Morgan fingerprint density at radius 3 is 2.42 bits per heavy atom. The highest BCUT2D eigenvalue weighted by atomic mass is 16.2. The van der Waals surface area contributed by atoms with Crippen LogP contribution in [0.5, 0.6) is 0 Å². The number of amides is 1. The van der Waals surface area contributed by atoms with Gasteiger partial charge in [0.05, 0.1) is 6.04 Å². The Bertz CT molecular complexity index is 412. The number of rotatable bonds is 7. The van der Waals surface area contributed by atoms with Crippen molar-refractivity contribution in [3.63, 3.8) is 0 Å². The van der Waals surface area contributed by atoms with Crippen LogP contribution in [0.2, 0.25) is 0 Å². The summed E-state index contributed by atoms with van der Waals surface area (Å²) in [6.45, 7) is 8.45. The second kappa shape index (κ2) is 7.59. The van der Waals surface area contributed by atoms with Gasteiger partial charge >= 0.3 is 0 Å². The summed E-state index contributed by atoms with van der Waals surface area (Å²) in [5, 5.41) is 5.99. The van der Waals surface area contributed by atoms with Gasteiger partial charge in [-0.25, -0.2) is 0 Å². The molecule has 0 heterocycles. The molecule has 0 bridgehead atoms. The summed E-state index contributed by atoms with van der Waals surface area (Å²) in [7, 11) is 0. The molecule has 1 aromatic carbocycles. The van der Waals surface area contributed by atoms with Gasteiger partial charge in [-0.15, -0.1) is 6.58 Å². The number of nitrogens with two attached hydrogens (primary N) is 1. The van der Waals surface area contributed by atoms with Crippen LogP contribution in [0.3, 0.4) is 0 Å². The van der Waals surface area contributed by atoms with Crippen molar-refractivity contribution in [2.45, 2.75) is 26.3 Å². The predicted molar refractivity (Wildman–Crippen MR) is 81.2 cm³/mol. The number of hydrogen-bond donors (Lipinski definition) is 3. The second-order valence-electron chi connectivity index (χ2n) is 4.97. The number of benzene rings is 1. The van der Waals surface area contributed by atoms with Gasteiger partial charge in [0.2, 0.25) is 5.91 Å². The van der Waals surface area contributed by atoms with E-state index in [1.807, 2.05) is 38.1 Å². The number of carbonyl (C=O) groups is 1. The number of hydrogen-bond acceptors (Lipinski definition) is 3. The van der Waals surface area contributed by atoms with E-state index in [1.165, 1.54) is 0 Å². The van der Waals surface area contributed by atoms with Gasteiger partial charge in [-0.05, 0) is 36.6 Å². The smallest absolute Gasteiger partial charge is 0.241 e. The Balaban J connectivity index is 2.52. The fraction of sp³-hybridized carbons (Fsp3) is 0.400. The lowest BCUT2D eigenvalue weighted by Gasteiger charge is -2.14. The maximum absolute atomic E-state index is 11.8. The first-order valence-electron chi connectivity index (χ1n) is 6.54. The third kappa shape index (κ3) is 5.57. The van der Waals surface area contributed by atoms with Crippen LogP contribution in [-0.2, 0) is 4.79 Å². The molecule has 19 heavy (non-hydrogen) atoms. The van der Waals surface area contributed by atoms with Crippen molar-refractivity contribution in [1.29, 1.82) is 0 Å². The van der Waals surface area contributed by atoms with Crippen LogP contribution in [0, 0.1) is 5.92 Å². The summed E-state index contributed by atoms with van der Waals surface area (Å²) in [6, 6.07) is 7.07. The zero-order chi connectivity index (χ0) is 14.3. The number of anilines is 2. The third-order valence-corrected chi connectivity index (χ3v) is 2.67. The fourth-order valence-electron chi connectivity index (χ4n) is 1.71. The highest BCUT2D eigenvalue weighted by Gasteiger charge is 2.14. The Morgan fingerprint density at radius 2 is 1.89 bits per heavy atom. The van der Waals surface area contributed by atoms with E-state index in [0.717, 1.165) is 11.4 Å². The molecule has 0 aliphatic heterocycles. The van der Waals surface area contributed by atoms with Crippen LogP contribution >= 0.6 is 0 Å². The van der Waals surface area contributed by atoms with Gasteiger partial charge in [0.15, 0.2) is 0 Å². The Labute approximate surface area is 115 Å². The van der Waals surface area contributed by atoms with Crippen LogP contribution in [0.4, 0.5) is 11.4 Å². The van der Waals surface area contributed by atoms with Crippen molar-refractivity contribution in [3.05, 3.63) is 36.9 Å². The molecule has 0 unspecified atom stereocenters. The van der Waals surface area contributed by atoms with Gasteiger partial charge in [-0.1, -0.05) is 19.9 Å². The van der Waals surface area contributed by atoms with Crippen molar-refractivity contribution < 1.29 is 4.79 Å². The highest BCUT2D eigenvalue weighted by molar-refractivity contribution is 5.94. The van der Waals surface area contributed by atoms with Crippen molar-refractivity contribution in [2.24, 2.45) is 11.7 Å². The molecule has 1 amide bonds. The molecule has 0 fully saturated rings. The van der Waals surface area contributed by atoms with Gasteiger partial charge in [-0.2, -0.15) is 0 Å². The van der Waals surface area contributed by atoms with E-state index in [0.29, 0.717) is 18.9 Å². The molecule has 1 aromatic rings. The summed E-state index contributed by atoms with van der Waals surface area (Å²) >= 11 is 0. The van der Waals surface area contributed by atoms with Crippen LogP contribution in [0.25, 0.3) is 0 Å². The SMILES string of the molecule is C=CCNc1ccc(NC(=O)[C@@H](N)CC(C)C)cc1. The average Bonchev–Trinajstić information content (AvgIpc) is 2.37. The topological polar surface area (TPSA) is 67.1 Å². The van der Waals surface area contributed by atoms with Crippen molar-refractivity contribution in [3.8, 4) is 0 Å². The monoisotopic (exact) mass is 261 g/mol. The summed E-state index contributed by atoms with van der Waals surface area (Å²) in [5.74, 6) is 0.270. The quantitative estimate of drug-likeness (QED) is 0.661. The van der Waals surface area contributed by atoms with Crippen molar-refractivity contribution in [2.75, 3.05) is 17.2 Å². The molecule has 104 valence electrons. The summed E-state index contributed by atoms with van der Waals surface area (Å²) in [6.07, 6.45) is 2.48. The summed E-state index contributed by atoms with van der Waals surface area (Å²) in [5.41, 5.74) is 7.57. The van der Waals surface area contributed by atoms with E-state index in [2.05, 4.69) is 17.2 Å². The van der Waals surface area contributed by atoms with Gasteiger partial charge in [0.1, 0.15) is 0 Å². The zero-order valence-electron chi connectivity index (χ0n) is 11.6. The van der Waals surface area contributed by atoms with Crippen molar-refractivity contribution >= 4 is 17.3 Å². The molecule has 1 rings (SSSR count). The molecule has 0 saturated heterocycles. The van der Waals surface area contributed by atoms with E-state index < -0.39 is 6.04 Å². The first kappa shape index (κ1) is 15.2. The largest absolute Gasteiger partial charge is 0.382 e. The van der Waals surface area contributed by atoms with Crippen LogP contribution in [0.1, 0.15) is 20.3 Å². The third-order valence-electron chi connectivity index (χ3n) is 2.67. The molecule has 4 N–H and O–H groups in total. The van der Waals surface area contributed by atoms with E-state index in [9.17, 15) is 4.79 Å². The normalized spacial score (nSPS) is 12.0. The molecule has 4 heteroatoms. The van der Waals surface area contributed by atoms with Crippen LogP contribution in [-0.4, -0.2) is 18.5 Å². The maximum Gasteiger partial charge on any atom is 0.241 e. The molecule has 4 nitrogen and oxygen atoms in total. The van der Waals surface area contributed by atoms with Crippen LogP contribution < -0.4 is 16.4 Å². The van der Waals surface area contributed by atoms with Gasteiger partial charge in [-0.3, -0.25) is 4.79 Å². The minimum Gasteiger partial charge on any atom is -0.382 e. The fourth-order valence-corrected chi connectivity index (χ4v) is 1.71. The highest BCUT2D eigenvalue weighted by Crippen LogP contribution is 2.14. The van der Waals surface area contributed by atoms with Gasteiger partial charge in [0, 0.05) is 17.9 Å². The molecule has 0 saturated carbocycles. The Hall–Kier alpha value is -1.81. The Morgan fingerprint density at radius 1 is 1.32 bits per heavy atom. The lowest BCUT2D eigenvalue weighted by molar-refractivity contribution is -0.117. The van der Waals surface area contributed by atoms with Gasteiger partial charge in [0.25, 0.3) is 0 Å². The van der Waals surface area contributed by atoms with E-state index in [-0.39, 0.29) is 5.91 Å². The molecule has 0 aliphatic rings. The standard InChI is InChI=1S/C15H23N3O/c1-4-9-17-12-5-7-13(8-6-12)18-15(19)14(16)10-11(2)3/h4-8,11,14,17H,1,9-10,16H2,2-3H3,(H,18,19)/t14-/m0/s1. The molecule has 0 spiro atoms. The van der Waals surface area contributed by atoms with Gasteiger partial charge < -0.3 is 16.4 Å². The lowest BCUT2D eigenvalue weighted by atomic mass is 10.0. The van der Waals surface area contributed by atoms with Crippen LogP contribution in [0.15, 0.2) is 36.9 Å². The molecule has 0 aliphatic carbocycles. The molecule has 0 aromatic heterocycles. The molecule has 0 radical (unpaired) electrons. The first-order chi connectivity index (χ1) is 9.02. The zero-order valence-corrected chi connectivity index (χ0v) is 11.6. The van der Waals surface area contributed by atoms with E-state index in [1.54, 1.807) is 6.08 Å². The summed E-state index contributed by atoms with van der Waals surface area (Å²) < 4.78 is 0. The number of nitrogens with one attached hydrogen (secondary N) is 2. The number of carbonyl (C=O) groups excluding carboxylic acids is 1. The van der Waals surface area contributed by atoms with E-state index >= 15 is 0 Å².